The molecule has 0 radical (unpaired) electrons. The Morgan fingerprint density at radius 2 is 1.76 bits per heavy atom. The molecule has 0 aromatic rings. The van der Waals surface area contributed by atoms with Crippen LogP contribution in [0.5, 0.6) is 0 Å². The van der Waals surface area contributed by atoms with Crippen molar-refractivity contribution in [3.05, 3.63) is 37.0 Å². The van der Waals surface area contributed by atoms with Crippen LogP contribution in [0.4, 0.5) is 0 Å². The fourth-order valence-electron chi connectivity index (χ4n) is 1.73. The minimum absolute atomic E-state index is 0.0643. The van der Waals surface area contributed by atoms with Crippen LogP contribution in [0.2, 0.25) is 0 Å². The molecule has 0 amide bonds. The molecule has 0 fully saturated rings. The second-order valence-electron chi connectivity index (χ2n) is 4.30. The van der Waals surface area contributed by atoms with E-state index in [4.69, 9.17) is 14.2 Å². The molecule has 114 valence electrons. The zero-order valence-corrected chi connectivity index (χ0v) is 11.9. The Labute approximate surface area is 123 Å². The number of carbonyl (C=O) groups excluding carboxylic acids is 3. The number of ether oxygens (including phenoxy) is 3. The topological polar surface area (TPSA) is 78.9 Å². The second-order valence-corrected chi connectivity index (χ2v) is 4.30. The SMILES string of the molecule is C=CC(=O)OC(CC)(OC(=O)C=C)OC(=O)C1=CCCC1. The van der Waals surface area contributed by atoms with Crippen molar-refractivity contribution in [2.75, 3.05) is 0 Å². The number of allylic oxidation sites excluding steroid dienone is 1. The van der Waals surface area contributed by atoms with Gasteiger partial charge < -0.3 is 14.2 Å². The molecule has 1 aliphatic rings. The van der Waals surface area contributed by atoms with Gasteiger partial charge in [-0.15, -0.1) is 0 Å². The lowest BCUT2D eigenvalue weighted by atomic mass is 10.2. The molecule has 1 rings (SSSR count). The standard InChI is InChI=1S/C15H18O6/c1-4-12(16)19-15(6-3,20-13(17)5-2)21-14(18)11-9-7-8-10-11/h4-5,9H,1-2,6-8,10H2,3H3. The van der Waals surface area contributed by atoms with Crippen molar-refractivity contribution < 1.29 is 28.6 Å². The van der Waals surface area contributed by atoms with Gasteiger partial charge in [-0.3, -0.25) is 0 Å². The van der Waals surface area contributed by atoms with E-state index in [0.29, 0.717) is 12.0 Å². The summed E-state index contributed by atoms with van der Waals surface area (Å²) in [5.41, 5.74) is 0.470. The molecule has 0 saturated carbocycles. The summed E-state index contributed by atoms with van der Waals surface area (Å²) in [6, 6.07) is 0. The van der Waals surface area contributed by atoms with E-state index < -0.39 is 23.9 Å². The molecule has 6 heteroatoms. The van der Waals surface area contributed by atoms with Crippen LogP contribution in [-0.4, -0.2) is 23.9 Å². The highest BCUT2D eigenvalue weighted by Crippen LogP contribution is 2.26. The molecular formula is C15H18O6. The van der Waals surface area contributed by atoms with Gasteiger partial charge in [-0.25, -0.2) is 14.4 Å². The normalized spacial score (nSPS) is 13.9. The molecule has 0 unspecified atom stereocenters. The molecule has 6 nitrogen and oxygen atoms in total. The first-order valence-electron chi connectivity index (χ1n) is 6.59. The third-order valence-electron chi connectivity index (χ3n) is 2.83. The minimum Gasteiger partial charge on any atom is -0.385 e. The maximum atomic E-state index is 12.0. The van der Waals surface area contributed by atoms with E-state index in [-0.39, 0.29) is 6.42 Å². The smallest absolute Gasteiger partial charge is 0.385 e. The lowest BCUT2D eigenvalue weighted by molar-refractivity contribution is -0.325. The monoisotopic (exact) mass is 294 g/mol. The number of hydrogen-bond donors (Lipinski definition) is 0. The zero-order valence-electron chi connectivity index (χ0n) is 11.9. The maximum absolute atomic E-state index is 12.0. The summed E-state index contributed by atoms with van der Waals surface area (Å²) in [6.07, 6.45) is 5.65. The summed E-state index contributed by atoms with van der Waals surface area (Å²) in [5.74, 6) is -4.54. The molecule has 0 atom stereocenters. The predicted molar refractivity (Wildman–Crippen MR) is 73.6 cm³/mol. The van der Waals surface area contributed by atoms with Gasteiger partial charge in [-0.1, -0.05) is 26.2 Å². The van der Waals surface area contributed by atoms with E-state index in [9.17, 15) is 14.4 Å². The Kier molecular flexibility index (Phi) is 5.90. The molecule has 21 heavy (non-hydrogen) atoms. The summed E-state index contributed by atoms with van der Waals surface area (Å²) in [4.78, 5) is 34.8. The lowest BCUT2D eigenvalue weighted by Gasteiger charge is -2.29. The highest BCUT2D eigenvalue weighted by molar-refractivity contribution is 5.89. The second kappa shape index (κ2) is 7.42. The Hall–Kier alpha value is -2.37. The van der Waals surface area contributed by atoms with Gasteiger partial charge in [0.15, 0.2) is 0 Å². The molecular weight excluding hydrogens is 276 g/mol. The van der Waals surface area contributed by atoms with Crippen LogP contribution in [0, 0.1) is 0 Å². The van der Waals surface area contributed by atoms with Crippen molar-refractivity contribution in [2.24, 2.45) is 0 Å². The van der Waals surface area contributed by atoms with E-state index in [0.717, 1.165) is 25.0 Å². The zero-order chi connectivity index (χ0) is 15.9. The van der Waals surface area contributed by atoms with Gasteiger partial charge in [0.05, 0.1) is 6.42 Å². The molecule has 0 aliphatic heterocycles. The van der Waals surface area contributed by atoms with Crippen LogP contribution >= 0.6 is 0 Å². The van der Waals surface area contributed by atoms with Crippen LogP contribution < -0.4 is 0 Å². The molecule has 0 heterocycles. The molecule has 1 aliphatic carbocycles. The maximum Gasteiger partial charge on any atom is 0.423 e. The Balaban J connectivity index is 2.94. The van der Waals surface area contributed by atoms with Crippen molar-refractivity contribution in [1.82, 2.24) is 0 Å². The number of carbonyl (C=O) groups is 3. The van der Waals surface area contributed by atoms with Crippen molar-refractivity contribution >= 4 is 17.9 Å². The molecule has 0 bridgehead atoms. The summed E-state index contributed by atoms with van der Waals surface area (Å²) in [6.45, 7) is 8.04. The summed E-state index contributed by atoms with van der Waals surface area (Å²) >= 11 is 0. The van der Waals surface area contributed by atoms with Gasteiger partial charge in [-0.2, -0.15) is 0 Å². The van der Waals surface area contributed by atoms with Gasteiger partial charge in [0.25, 0.3) is 0 Å². The fraction of sp³-hybridized carbons (Fsp3) is 0.400. The Bertz CT molecular complexity index is 466. The lowest BCUT2D eigenvalue weighted by Crippen LogP contribution is -2.43. The van der Waals surface area contributed by atoms with Gasteiger partial charge in [-0.05, 0) is 19.3 Å². The van der Waals surface area contributed by atoms with Gasteiger partial charge in [0, 0.05) is 17.7 Å². The predicted octanol–water partition coefficient (Wildman–Crippen LogP) is 2.16. The first kappa shape index (κ1) is 16.7. The quantitative estimate of drug-likeness (QED) is 0.407. The molecule has 0 spiro atoms. The molecule has 0 aromatic carbocycles. The largest absolute Gasteiger partial charge is 0.423 e. The Morgan fingerprint density at radius 1 is 1.19 bits per heavy atom. The van der Waals surface area contributed by atoms with Crippen LogP contribution in [0.15, 0.2) is 37.0 Å². The average molecular weight is 294 g/mol. The van der Waals surface area contributed by atoms with Gasteiger partial charge >= 0.3 is 23.9 Å². The highest BCUT2D eigenvalue weighted by atomic mass is 16.9. The first-order chi connectivity index (χ1) is 9.96. The van der Waals surface area contributed by atoms with E-state index in [2.05, 4.69) is 13.2 Å². The van der Waals surface area contributed by atoms with Crippen LogP contribution in [0.1, 0.15) is 32.6 Å². The van der Waals surface area contributed by atoms with E-state index in [1.54, 1.807) is 13.0 Å². The molecule has 0 N–H and O–H groups in total. The van der Waals surface area contributed by atoms with Crippen molar-refractivity contribution in [1.29, 1.82) is 0 Å². The van der Waals surface area contributed by atoms with Crippen molar-refractivity contribution in [2.45, 2.75) is 38.6 Å². The average Bonchev–Trinajstić information content (AvgIpc) is 3.01. The summed E-state index contributed by atoms with van der Waals surface area (Å²) in [5, 5.41) is 0. The van der Waals surface area contributed by atoms with Crippen LogP contribution in [0.3, 0.4) is 0 Å². The van der Waals surface area contributed by atoms with E-state index in [1.807, 2.05) is 0 Å². The van der Waals surface area contributed by atoms with Crippen LogP contribution in [-0.2, 0) is 28.6 Å². The third kappa shape index (κ3) is 4.59. The Morgan fingerprint density at radius 3 is 2.14 bits per heavy atom. The van der Waals surface area contributed by atoms with Crippen molar-refractivity contribution in [3.8, 4) is 0 Å². The molecule has 0 saturated heterocycles. The van der Waals surface area contributed by atoms with E-state index in [1.165, 1.54) is 0 Å². The number of rotatable bonds is 7. The van der Waals surface area contributed by atoms with Gasteiger partial charge in [0.2, 0.25) is 0 Å². The number of hydrogen-bond acceptors (Lipinski definition) is 6. The fourth-order valence-corrected chi connectivity index (χ4v) is 1.73. The number of esters is 3. The van der Waals surface area contributed by atoms with E-state index >= 15 is 0 Å². The van der Waals surface area contributed by atoms with Crippen molar-refractivity contribution in [3.63, 3.8) is 0 Å². The summed E-state index contributed by atoms with van der Waals surface area (Å²) in [7, 11) is 0. The summed E-state index contributed by atoms with van der Waals surface area (Å²) < 4.78 is 15.0. The highest BCUT2D eigenvalue weighted by Gasteiger charge is 2.41. The van der Waals surface area contributed by atoms with Gasteiger partial charge in [0.1, 0.15) is 0 Å². The first-order valence-corrected chi connectivity index (χ1v) is 6.59. The molecule has 0 aromatic heterocycles. The minimum atomic E-state index is -2.11. The van der Waals surface area contributed by atoms with Crippen LogP contribution in [0.25, 0.3) is 0 Å². The third-order valence-corrected chi connectivity index (χ3v) is 2.83.